The van der Waals surface area contributed by atoms with Crippen molar-refractivity contribution in [1.82, 2.24) is 10.6 Å². The van der Waals surface area contributed by atoms with Gasteiger partial charge >= 0.3 is 0 Å². The van der Waals surface area contributed by atoms with Gasteiger partial charge in [-0.25, -0.2) is 0 Å². The summed E-state index contributed by atoms with van der Waals surface area (Å²) in [6, 6.07) is 7.09. The maximum atomic E-state index is 11.8. The summed E-state index contributed by atoms with van der Waals surface area (Å²) in [4.78, 5) is 23.5. The first-order chi connectivity index (χ1) is 9.65. The molecule has 2 rings (SSSR count). The molecule has 1 fully saturated rings. The van der Waals surface area contributed by atoms with Gasteiger partial charge in [0.1, 0.15) is 0 Å². The van der Waals surface area contributed by atoms with Gasteiger partial charge in [0.25, 0.3) is 5.91 Å². The zero-order valence-electron chi connectivity index (χ0n) is 11.3. The van der Waals surface area contributed by atoms with Crippen LogP contribution in [-0.2, 0) is 4.79 Å². The number of amides is 2. The predicted octanol–water partition coefficient (Wildman–Crippen LogP) is 2.49. The first-order valence-corrected chi connectivity index (χ1v) is 7.75. The second kappa shape index (κ2) is 7.43. The maximum Gasteiger partial charge on any atom is 0.251 e. The smallest absolute Gasteiger partial charge is 0.251 e. The summed E-state index contributed by atoms with van der Waals surface area (Å²) in [7, 11) is 0. The van der Waals surface area contributed by atoms with E-state index in [9.17, 15) is 9.59 Å². The van der Waals surface area contributed by atoms with Gasteiger partial charge in [0.05, 0.1) is 6.54 Å². The SMILES string of the molecule is O=C(CNC(=O)c1cccc(Br)c1)NCC1CCCC1. The van der Waals surface area contributed by atoms with Crippen LogP contribution in [0.2, 0.25) is 0 Å². The monoisotopic (exact) mass is 338 g/mol. The van der Waals surface area contributed by atoms with Crippen LogP contribution in [0.5, 0.6) is 0 Å². The van der Waals surface area contributed by atoms with E-state index in [1.165, 1.54) is 25.7 Å². The van der Waals surface area contributed by atoms with Crippen LogP contribution in [-0.4, -0.2) is 24.9 Å². The molecule has 5 heteroatoms. The van der Waals surface area contributed by atoms with E-state index in [4.69, 9.17) is 0 Å². The van der Waals surface area contributed by atoms with Gasteiger partial charge in [0, 0.05) is 16.6 Å². The van der Waals surface area contributed by atoms with Crippen molar-refractivity contribution in [2.75, 3.05) is 13.1 Å². The minimum Gasteiger partial charge on any atom is -0.354 e. The highest BCUT2D eigenvalue weighted by Gasteiger charge is 2.15. The molecule has 0 spiro atoms. The predicted molar refractivity (Wildman–Crippen MR) is 81.4 cm³/mol. The lowest BCUT2D eigenvalue weighted by molar-refractivity contribution is -0.120. The Kier molecular flexibility index (Phi) is 5.59. The van der Waals surface area contributed by atoms with Gasteiger partial charge in [-0.3, -0.25) is 9.59 Å². The molecule has 0 aromatic heterocycles. The molecule has 0 aliphatic heterocycles. The van der Waals surface area contributed by atoms with Gasteiger partial charge in [0.15, 0.2) is 0 Å². The topological polar surface area (TPSA) is 58.2 Å². The Bertz CT molecular complexity index is 485. The first-order valence-electron chi connectivity index (χ1n) is 6.95. The molecule has 0 bridgehead atoms. The number of benzene rings is 1. The van der Waals surface area contributed by atoms with Crippen LogP contribution in [0.15, 0.2) is 28.7 Å². The Hall–Kier alpha value is -1.36. The van der Waals surface area contributed by atoms with Crippen molar-refractivity contribution in [2.24, 2.45) is 5.92 Å². The second-order valence-corrected chi connectivity index (χ2v) is 6.06. The maximum absolute atomic E-state index is 11.8. The van der Waals surface area contributed by atoms with Crippen LogP contribution >= 0.6 is 15.9 Å². The van der Waals surface area contributed by atoms with E-state index >= 15 is 0 Å². The molecular formula is C15H19BrN2O2. The van der Waals surface area contributed by atoms with Crippen LogP contribution in [0.25, 0.3) is 0 Å². The average molecular weight is 339 g/mol. The number of rotatable bonds is 5. The van der Waals surface area contributed by atoms with Gasteiger partial charge in [0.2, 0.25) is 5.91 Å². The Labute approximate surface area is 127 Å². The van der Waals surface area contributed by atoms with E-state index in [1.807, 2.05) is 6.07 Å². The summed E-state index contributed by atoms with van der Waals surface area (Å²) in [6.45, 7) is 0.754. The molecule has 0 atom stereocenters. The number of hydrogen-bond donors (Lipinski definition) is 2. The number of carbonyl (C=O) groups is 2. The summed E-state index contributed by atoms with van der Waals surface area (Å²) in [5.41, 5.74) is 0.544. The van der Waals surface area contributed by atoms with Crippen LogP contribution in [0.3, 0.4) is 0 Å². The third-order valence-electron chi connectivity index (χ3n) is 3.56. The fourth-order valence-electron chi connectivity index (χ4n) is 2.43. The van der Waals surface area contributed by atoms with Crippen molar-refractivity contribution in [3.05, 3.63) is 34.3 Å². The van der Waals surface area contributed by atoms with E-state index in [1.54, 1.807) is 18.2 Å². The van der Waals surface area contributed by atoms with Crippen molar-refractivity contribution < 1.29 is 9.59 Å². The molecule has 20 heavy (non-hydrogen) atoms. The summed E-state index contributed by atoms with van der Waals surface area (Å²) in [5, 5.41) is 5.51. The third-order valence-corrected chi connectivity index (χ3v) is 4.05. The first kappa shape index (κ1) is 15.0. The van der Waals surface area contributed by atoms with E-state index < -0.39 is 0 Å². The molecule has 0 unspecified atom stereocenters. The summed E-state index contributed by atoms with van der Waals surface area (Å²) in [5.74, 6) is 0.252. The largest absolute Gasteiger partial charge is 0.354 e. The molecular weight excluding hydrogens is 320 g/mol. The van der Waals surface area contributed by atoms with Crippen molar-refractivity contribution >= 4 is 27.7 Å². The molecule has 0 saturated heterocycles. The Balaban J connectivity index is 1.71. The van der Waals surface area contributed by atoms with Crippen molar-refractivity contribution in [3.8, 4) is 0 Å². The van der Waals surface area contributed by atoms with E-state index in [0.29, 0.717) is 11.5 Å². The lowest BCUT2D eigenvalue weighted by Gasteiger charge is -2.11. The van der Waals surface area contributed by atoms with Crippen LogP contribution in [0.1, 0.15) is 36.0 Å². The van der Waals surface area contributed by atoms with E-state index in [0.717, 1.165) is 11.0 Å². The zero-order valence-corrected chi connectivity index (χ0v) is 12.9. The molecule has 1 aromatic carbocycles. The minimum absolute atomic E-state index is 0.0259. The highest BCUT2D eigenvalue weighted by Crippen LogP contribution is 2.23. The van der Waals surface area contributed by atoms with E-state index in [2.05, 4.69) is 26.6 Å². The van der Waals surface area contributed by atoms with Gasteiger partial charge in [-0.1, -0.05) is 34.8 Å². The fourth-order valence-corrected chi connectivity index (χ4v) is 2.83. The van der Waals surface area contributed by atoms with E-state index in [-0.39, 0.29) is 18.4 Å². The lowest BCUT2D eigenvalue weighted by atomic mass is 10.1. The number of carbonyl (C=O) groups excluding carboxylic acids is 2. The second-order valence-electron chi connectivity index (χ2n) is 5.15. The number of halogens is 1. The molecule has 1 aliphatic rings. The quantitative estimate of drug-likeness (QED) is 0.866. The van der Waals surface area contributed by atoms with Gasteiger partial charge < -0.3 is 10.6 Å². The Morgan fingerprint density at radius 2 is 1.95 bits per heavy atom. The third kappa shape index (κ3) is 4.63. The molecule has 4 nitrogen and oxygen atoms in total. The minimum atomic E-state index is -0.234. The number of hydrogen-bond acceptors (Lipinski definition) is 2. The molecule has 108 valence electrons. The lowest BCUT2D eigenvalue weighted by Crippen LogP contribution is -2.38. The molecule has 1 saturated carbocycles. The van der Waals surface area contributed by atoms with Crippen LogP contribution < -0.4 is 10.6 Å². The summed E-state index contributed by atoms with van der Waals surface area (Å²) < 4.78 is 0.843. The summed E-state index contributed by atoms with van der Waals surface area (Å²) in [6.07, 6.45) is 4.93. The zero-order chi connectivity index (χ0) is 14.4. The van der Waals surface area contributed by atoms with Crippen molar-refractivity contribution in [1.29, 1.82) is 0 Å². The molecule has 0 radical (unpaired) electrons. The fraction of sp³-hybridized carbons (Fsp3) is 0.467. The Morgan fingerprint density at radius 3 is 2.65 bits per heavy atom. The molecule has 0 heterocycles. The molecule has 1 aliphatic carbocycles. The van der Waals surface area contributed by atoms with Crippen LogP contribution in [0, 0.1) is 5.92 Å². The van der Waals surface area contributed by atoms with Crippen LogP contribution in [0.4, 0.5) is 0 Å². The number of nitrogens with one attached hydrogen (secondary N) is 2. The van der Waals surface area contributed by atoms with Crippen molar-refractivity contribution in [3.63, 3.8) is 0 Å². The van der Waals surface area contributed by atoms with Crippen molar-refractivity contribution in [2.45, 2.75) is 25.7 Å². The van der Waals surface area contributed by atoms with Gasteiger partial charge in [-0.2, -0.15) is 0 Å². The highest BCUT2D eigenvalue weighted by atomic mass is 79.9. The van der Waals surface area contributed by atoms with Gasteiger partial charge in [-0.15, -0.1) is 0 Å². The van der Waals surface area contributed by atoms with Gasteiger partial charge in [-0.05, 0) is 37.0 Å². The Morgan fingerprint density at radius 1 is 1.20 bits per heavy atom. The molecule has 2 amide bonds. The molecule has 1 aromatic rings. The molecule has 2 N–H and O–H groups in total. The average Bonchev–Trinajstić information content (AvgIpc) is 2.95. The standard InChI is InChI=1S/C15H19BrN2O2/c16-13-7-3-6-12(8-13)15(20)18-10-14(19)17-9-11-4-1-2-5-11/h3,6-8,11H,1-2,4-5,9-10H2,(H,17,19)(H,18,20). The normalized spacial score (nSPS) is 15.1. The highest BCUT2D eigenvalue weighted by molar-refractivity contribution is 9.10. The summed E-state index contributed by atoms with van der Waals surface area (Å²) >= 11 is 3.31.